The Morgan fingerprint density at radius 3 is 1.74 bits per heavy atom. The minimum absolute atomic E-state index is 0.187. The highest BCUT2D eigenvalue weighted by atomic mass is 16.5. The molecule has 1 aliphatic rings. The van der Waals surface area contributed by atoms with Crippen LogP contribution >= 0.6 is 0 Å². The van der Waals surface area contributed by atoms with Gasteiger partial charge >= 0.3 is 12.1 Å². The molecule has 180 valence electrons. The van der Waals surface area contributed by atoms with Crippen molar-refractivity contribution in [3.8, 4) is 0 Å². The lowest BCUT2D eigenvalue weighted by Gasteiger charge is -2.09. The van der Waals surface area contributed by atoms with Gasteiger partial charge in [0.1, 0.15) is 6.61 Å². The molecule has 1 rings (SSSR count). The van der Waals surface area contributed by atoms with E-state index in [4.69, 9.17) is 9.84 Å². The molecule has 6 heteroatoms. The Labute approximate surface area is 189 Å². The topological polar surface area (TPSA) is 78.6 Å². The van der Waals surface area contributed by atoms with Crippen LogP contribution in [0.2, 0.25) is 0 Å². The van der Waals surface area contributed by atoms with E-state index in [1.807, 2.05) is 0 Å². The largest absolute Gasteiger partial charge is 0.478 e. The third-order valence-corrected chi connectivity index (χ3v) is 7.07. The molecule has 0 aromatic heterocycles. The van der Waals surface area contributed by atoms with Crippen LogP contribution in [0.1, 0.15) is 105 Å². The quantitative estimate of drug-likeness (QED) is 0.158. The lowest BCUT2D eigenvalue weighted by atomic mass is 10.0. The first kappa shape index (κ1) is 27.5. The Morgan fingerprint density at radius 1 is 0.839 bits per heavy atom. The highest BCUT2D eigenvalue weighted by molar-refractivity contribution is 5.85. The van der Waals surface area contributed by atoms with Crippen LogP contribution < -0.4 is 5.32 Å². The van der Waals surface area contributed by atoms with E-state index in [1.165, 1.54) is 44.9 Å². The zero-order chi connectivity index (χ0) is 23.3. The number of aliphatic carboxylic acids is 1. The fraction of sp³-hybridized carbons (Fsp3) is 0.840. The van der Waals surface area contributed by atoms with E-state index in [9.17, 15) is 9.59 Å². The smallest absolute Gasteiger partial charge is 0.407 e. The van der Waals surface area contributed by atoms with Gasteiger partial charge in [0.25, 0.3) is 0 Å². The molecule has 0 aromatic carbocycles. The normalized spacial score (nSPS) is 16.6. The lowest BCUT2D eigenvalue weighted by molar-refractivity contribution is -0.132. The summed E-state index contributed by atoms with van der Waals surface area (Å²) < 4.78 is 5.29. The maximum atomic E-state index is 11.7. The van der Waals surface area contributed by atoms with E-state index in [-0.39, 0.29) is 17.2 Å². The van der Waals surface area contributed by atoms with Crippen molar-refractivity contribution in [3.05, 3.63) is 12.2 Å². The number of nitrogens with one attached hydrogen (secondary N) is 1. The van der Waals surface area contributed by atoms with Gasteiger partial charge in [-0.25, -0.2) is 9.59 Å². The Kier molecular flexibility index (Phi) is 12.2. The minimum atomic E-state index is -0.869. The predicted octanol–water partition coefficient (Wildman–Crippen LogP) is 5.91. The zero-order valence-corrected chi connectivity index (χ0v) is 20.4. The molecule has 1 aliphatic heterocycles. The average molecular weight is 439 g/mol. The van der Waals surface area contributed by atoms with E-state index >= 15 is 0 Å². The molecule has 6 nitrogen and oxygen atoms in total. The van der Waals surface area contributed by atoms with E-state index in [1.54, 1.807) is 0 Å². The van der Waals surface area contributed by atoms with Gasteiger partial charge in [0.05, 0.1) is 0 Å². The second kappa shape index (κ2) is 13.8. The fourth-order valence-electron chi connectivity index (χ4n) is 4.21. The molecule has 0 saturated carbocycles. The molecule has 0 unspecified atom stereocenters. The first-order chi connectivity index (χ1) is 14.6. The number of hydrogen-bond donors (Lipinski definition) is 2. The Morgan fingerprint density at radius 2 is 1.29 bits per heavy atom. The van der Waals surface area contributed by atoms with Gasteiger partial charge in [0.2, 0.25) is 0 Å². The second-order valence-corrected chi connectivity index (χ2v) is 9.88. The molecule has 0 bridgehead atoms. The van der Waals surface area contributed by atoms with Crippen molar-refractivity contribution in [2.24, 2.45) is 0 Å². The summed E-state index contributed by atoms with van der Waals surface area (Å²) >= 11 is 0. The molecular formula is C25H46N2O4. The third kappa shape index (κ3) is 10.1. The molecule has 0 atom stereocenters. The maximum Gasteiger partial charge on any atom is 0.407 e. The number of rotatable bonds is 18. The van der Waals surface area contributed by atoms with Crippen molar-refractivity contribution in [2.75, 3.05) is 19.7 Å². The number of carbonyl (C=O) groups is 2. The van der Waals surface area contributed by atoms with Crippen molar-refractivity contribution in [1.29, 1.82) is 0 Å². The standard InChI is InChI=1S/C25H46N2O4/c1-21(22(28)29)17-15-13-11-9-7-6-8-10-12-14-16-18-26-23(30)31-20-19-27-24(2,3)25(27,4)5/h1,6-20H2,2-5H3,(H,26,30)(H,28,29). The van der Waals surface area contributed by atoms with E-state index in [0.717, 1.165) is 32.2 Å². The van der Waals surface area contributed by atoms with Gasteiger partial charge in [-0.2, -0.15) is 0 Å². The van der Waals surface area contributed by atoms with Crippen LogP contribution in [0.5, 0.6) is 0 Å². The SMILES string of the molecule is C=C(CCCCCCCCCCCCCNC(=O)OCCN1C(C)(C)C1(C)C)C(=O)O. The second-order valence-electron chi connectivity index (χ2n) is 9.88. The van der Waals surface area contributed by atoms with Crippen LogP contribution in [-0.4, -0.2) is 52.8 Å². The number of amides is 1. The molecule has 1 fully saturated rings. The van der Waals surface area contributed by atoms with Gasteiger partial charge in [0.15, 0.2) is 0 Å². The molecule has 0 aliphatic carbocycles. The summed E-state index contributed by atoms with van der Waals surface area (Å²) in [7, 11) is 0. The summed E-state index contributed by atoms with van der Waals surface area (Å²) in [5.74, 6) is -0.869. The Bertz CT molecular complexity index is 558. The summed E-state index contributed by atoms with van der Waals surface area (Å²) in [6.07, 6.45) is 13.2. The number of ether oxygens (including phenoxy) is 1. The van der Waals surface area contributed by atoms with Gasteiger partial charge in [-0.1, -0.05) is 64.4 Å². The summed E-state index contributed by atoms with van der Waals surface area (Å²) in [6.45, 7) is 14.4. The van der Waals surface area contributed by atoms with Crippen molar-refractivity contribution >= 4 is 12.1 Å². The molecule has 0 spiro atoms. The molecule has 1 saturated heterocycles. The molecule has 31 heavy (non-hydrogen) atoms. The number of hydrogen-bond acceptors (Lipinski definition) is 4. The average Bonchev–Trinajstić information content (AvgIpc) is 3.09. The van der Waals surface area contributed by atoms with E-state index < -0.39 is 5.97 Å². The zero-order valence-electron chi connectivity index (χ0n) is 20.4. The van der Waals surface area contributed by atoms with Crippen molar-refractivity contribution < 1.29 is 19.4 Å². The van der Waals surface area contributed by atoms with Crippen LogP contribution in [0.4, 0.5) is 4.79 Å². The Hall–Kier alpha value is -1.56. The molecule has 1 amide bonds. The van der Waals surface area contributed by atoms with Crippen LogP contribution in [-0.2, 0) is 9.53 Å². The van der Waals surface area contributed by atoms with Crippen molar-refractivity contribution in [1.82, 2.24) is 10.2 Å². The summed E-state index contributed by atoms with van der Waals surface area (Å²) in [4.78, 5) is 24.8. The predicted molar refractivity (Wildman–Crippen MR) is 126 cm³/mol. The number of carbonyl (C=O) groups excluding carboxylic acids is 1. The van der Waals surface area contributed by atoms with E-state index in [0.29, 0.717) is 25.1 Å². The molecular weight excluding hydrogens is 392 g/mol. The summed E-state index contributed by atoms with van der Waals surface area (Å²) in [5, 5.41) is 11.6. The molecule has 0 radical (unpaired) electrons. The number of carboxylic acid groups (broad SMARTS) is 1. The van der Waals surface area contributed by atoms with Crippen LogP contribution in [0.3, 0.4) is 0 Å². The first-order valence-corrected chi connectivity index (χ1v) is 12.2. The van der Waals surface area contributed by atoms with Crippen molar-refractivity contribution in [2.45, 2.75) is 116 Å². The summed E-state index contributed by atoms with van der Waals surface area (Å²) in [6, 6.07) is 0. The fourth-order valence-corrected chi connectivity index (χ4v) is 4.21. The number of nitrogens with zero attached hydrogens (tertiary/aromatic N) is 1. The Balaban J connectivity index is 1.80. The van der Waals surface area contributed by atoms with E-state index in [2.05, 4.69) is 44.5 Å². The molecule has 0 aromatic rings. The van der Waals surface area contributed by atoms with Gasteiger partial charge in [-0.05, 0) is 47.0 Å². The summed E-state index contributed by atoms with van der Waals surface area (Å²) in [5.41, 5.74) is 0.699. The first-order valence-electron chi connectivity index (χ1n) is 12.2. The lowest BCUT2D eigenvalue weighted by Crippen LogP contribution is -2.28. The van der Waals surface area contributed by atoms with Crippen LogP contribution in [0.15, 0.2) is 12.2 Å². The highest BCUT2D eigenvalue weighted by Crippen LogP contribution is 2.50. The number of unbranched alkanes of at least 4 members (excludes halogenated alkanes) is 10. The minimum Gasteiger partial charge on any atom is -0.478 e. The third-order valence-electron chi connectivity index (χ3n) is 7.07. The molecule has 2 N–H and O–H groups in total. The van der Waals surface area contributed by atoms with Gasteiger partial charge in [-0.15, -0.1) is 0 Å². The number of alkyl carbamates (subject to hydrolysis) is 1. The van der Waals surface area contributed by atoms with Crippen molar-refractivity contribution in [3.63, 3.8) is 0 Å². The van der Waals surface area contributed by atoms with Crippen LogP contribution in [0, 0.1) is 0 Å². The van der Waals surface area contributed by atoms with Crippen LogP contribution in [0.25, 0.3) is 0 Å². The maximum absolute atomic E-state index is 11.7. The van der Waals surface area contributed by atoms with Gasteiger partial charge in [0, 0.05) is 29.7 Å². The molecule has 1 heterocycles. The highest BCUT2D eigenvalue weighted by Gasteiger charge is 2.62. The van der Waals surface area contributed by atoms with Gasteiger partial charge < -0.3 is 15.2 Å². The monoisotopic (exact) mass is 438 g/mol. The number of carboxylic acids is 1. The van der Waals surface area contributed by atoms with Gasteiger partial charge in [-0.3, -0.25) is 4.90 Å².